The molecule has 2 rings (SSSR count). The Bertz CT molecular complexity index is 831. The number of anilines is 1. The molecule has 7 nitrogen and oxygen atoms in total. The number of nitro groups is 1. The number of aromatic nitrogens is 2. The summed E-state index contributed by atoms with van der Waals surface area (Å²) in [5, 5.41) is 18.6. The Balaban J connectivity index is 2.16. The van der Waals surface area contributed by atoms with Gasteiger partial charge in [0, 0.05) is 21.1 Å². The van der Waals surface area contributed by atoms with Crippen LogP contribution in [0.2, 0.25) is 5.02 Å². The van der Waals surface area contributed by atoms with Gasteiger partial charge in [-0.3, -0.25) is 19.6 Å². The summed E-state index contributed by atoms with van der Waals surface area (Å²) >= 11 is 12.6. The van der Waals surface area contributed by atoms with Crippen molar-refractivity contribution in [3.63, 3.8) is 0 Å². The van der Waals surface area contributed by atoms with Gasteiger partial charge in [0.25, 0.3) is 5.69 Å². The van der Waals surface area contributed by atoms with E-state index in [1.807, 2.05) is 13.8 Å². The number of benzene rings is 1. The molecule has 0 aliphatic carbocycles. The number of nitrogens with one attached hydrogen (secondary N) is 1. The fourth-order valence-corrected chi connectivity index (χ4v) is 3.72. The van der Waals surface area contributed by atoms with Gasteiger partial charge in [-0.2, -0.15) is 5.10 Å². The SMILES string of the molecule is Cc1nn(CC(C)C(=O)Nc2c(Br)cc([N+](=O)[O-])cc2Br)c(C)c1Cl. The zero-order valence-corrected chi connectivity index (χ0v) is 17.6. The van der Waals surface area contributed by atoms with E-state index in [9.17, 15) is 14.9 Å². The minimum Gasteiger partial charge on any atom is -0.324 e. The Morgan fingerprint density at radius 2 is 1.96 bits per heavy atom. The Morgan fingerprint density at radius 1 is 1.40 bits per heavy atom. The monoisotopic (exact) mass is 492 g/mol. The van der Waals surface area contributed by atoms with Crippen molar-refractivity contribution in [3.8, 4) is 0 Å². The molecule has 1 heterocycles. The van der Waals surface area contributed by atoms with Crippen LogP contribution in [0.1, 0.15) is 18.3 Å². The molecule has 0 spiro atoms. The second-order valence-corrected chi connectivity index (χ2v) is 7.69. The first-order chi connectivity index (χ1) is 11.6. The van der Waals surface area contributed by atoms with Crippen LogP contribution in [0.25, 0.3) is 0 Å². The van der Waals surface area contributed by atoms with Crippen LogP contribution in [0.4, 0.5) is 11.4 Å². The molecule has 0 aliphatic heterocycles. The fourth-order valence-electron chi connectivity index (χ4n) is 2.23. The van der Waals surface area contributed by atoms with E-state index in [-0.39, 0.29) is 17.5 Å². The highest BCUT2D eigenvalue weighted by Crippen LogP contribution is 2.35. The minimum atomic E-state index is -0.504. The molecule has 0 saturated carbocycles. The lowest BCUT2D eigenvalue weighted by molar-refractivity contribution is -0.385. The first kappa shape index (κ1) is 19.9. The van der Waals surface area contributed by atoms with Crippen molar-refractivity contribution in [2.75, 3.05) is 5.32 Å². The predicted octanol–water partition coefficient (Wildman–Crippen LogP) is 4.86. The van der Waals surface area contributed by atoms with Crippen molar-refractivity contribution in [2.45, 2.75) is 27.3 Å². The summed E-state index contributed by atoms with van der Waals surface area (Å²) in [5.74, 6) is -0.623. The number of nitrogens with zero attached hydrogens (tertiary/aromatic N) is 3. The number of halogens is 3. The summed E-state index contributed by atoms with van der Waals surface area (Å²) < 4.78 is 2.54. The molecule has 1 N–H and O–H groups in total. The summed E-state index contributed by atoms with van der Waals surface area (Å²) in [6.45, 7) is 5.79. The van der Waals surface area contributed by atoms with Crippen molar-refractivity contribution in [3.05, 3.63) is 47.6 Å². The highest BCUT2D eigenvalue weighted by atomic mass is 79.9. The van der Waals surface area contributed by atoms with Crippen molar-refractivity contribution >= 4 is 60.7 Å². The van der Waals surface area contributed by atoms with Gasteiger partial charge in [-0.05, 0) is 45.7 Å². The second-order valence-electron chi connectivity index (χ2n) is 5.60. The summed E-state index contributed by atoms with van der Waals surface area (Å²) in [6, 6.07) is 2.68. The highest BCUT2D eigenvalue weighted by Gasteiger charge is 2.21. The zero-order valence-electron chi connectivity index (χ0n) is 13.6. The van der Waals surface area contributed by atoms with Gasteiger partial charge in [-0.25, -0.2) is 0 Å². The van der Waals surface area contributed by atoms with Crippen molar-refractivity contribution in [1.29, 1.82) is 0 Å². The lowest BCUT2D eigenvalue weighted by Gasteiger charge is -2.15. The third kappa shape index (κ3) is 4.39. The van der Waals surface area contributed by atoms with E-state index in [1.54, 1.807) is 11.6 Å². The van der Waals surface area contributed by atoms with E-state index in [0.29, 0.717) is 31.9 Å². The standard InChI is InChI=1S/C15H15Br2ClN4O3/c1-7(6-21-9(3)13(18)8(2)20-21)15(23)19-14-11(16)4-10(22(24)25)5-12(14)17/h4-5,7H,6H2,1-3H3,(H,19,23). The first-order valence-electron chi connectivity index (χ1n) is 7.25. The van der Waals surface area contributed by atoms with Crippen molar-refractivity contribution < 1.29 is 9.72 Å². The van der Waals surface area contributed by atoms with Crippen LogP contribution < -0.4 is 5.32 Å². The number of carbonyl (C=O) groups excluding carboxylic acids is 1. The number of hydrogen-bond donors (Lipinski definition) is 1. The zero-order chi connectivity index (χ0) is 18.9. The second kappa shape index (κ2) is 7.84. The summed E-state index contributed by atoms with van der Waals surface area (Å²) in [5.41, 5.74) is 1.88. The Hall–Kier alpha value is -1.45. The van der Waals surface area contributed by atoms with E-state index in [1.165, 1.54) is 12.1 Å². The molecule has 134 valence electrons. The number of amides is 1. The van der Waals surface area contributed by atoms with Crippen LogP contribution >= 0.6 is 43.5 Å². The molecule has 1 atom stereocenters. The fraction of sp³-hybridized carbons (Fsp3) is 0.333. The molecule has 25 heavy (non-hydrogen) atoms. The molecule has 0 radical (unpaired) electrons. The Kier molecular flexibility index (Phi) is 6.23. The van der Waals surface area contributed by atoms with Crippen LogP contribution in [0.5, 0.6) is 0 Å². The molecule has 1 aromatic heterocycles. The van der Waals surface area contributed by atoms with Gasteiger partial charge in [0.15, 0.2) is 0 Å². The van der Waals surface area contributed by atoms with E-state index < -0.39 is 4.92 Å². The smallest absolute Gasteiger partial charge is 0.271 e. The van der Waals surface area contributed by atoms with Crippen molar-refractivity contribution in [2.24, 2.45) is 5.92 Å². The van der Waals surface area contributed by atoms with Crippen LogP contribution in [0, 0.1) is 29.9 Å². The summed E-state index contributed by atoms with van der Waals surface area (Å²) in [6.07, 6.45) is 0. The van der Waals surface area contributed by atoms with Gasteiger partial charge in [-0.1, -0.05) is 18.5 Å². The van der Waals surface area contributed by atoms with E-state index in [4.69, 9.17) is 11.6 Å². The quantitative estimate of drug-likeness (QED) is 0.475. The molecule has 1 unspecified atom stereocenters. The first-order valence-corrected chi connectivity index (χ1v) is 9.22. The van der Waals surface area contributed by atoms with Crippen LogP contribution in [0.15, 0.2) is 21.1 Å². The maximum Gasteiger partial charge on any atom is 0.271 e. The summed E-state index contributed by atoms with van der Waals surface area (Å²) in [4.78, 5) is 22.8. The molecular weight excluding hydrogens is 479 g/mol. The average Bonchev–Trinajstić information content (AvgIpc) is 2.77. The number of non-ortho nitro benzene ring substituents is 1. The number of hydrogen-bond acceptors (Lipinski definition) is 4. The molecule has 0 bridgehead atoms. The third-order valence-electron chi connectivity index (χ3n) is 3.67. The van der Waals surface area contributed by atoms with Crippen molar-refractivity contribution in [1.82, 2.24) is 9.78 Å². The Morgan fingerprint density at radius 3 is 2.40 bits per heavy atom. The van der Waals surface area contributed by atoms with Gasteiger partial charge in [0.2, 0.25) is 5.91 Å². The average molecular weight is 495 g/mol. The van der Waals surface area contributed by atoms with Gasteiger partial charge in [0.1, 0.15) is 0 Å². The predicted molar refractivity (Wildman–Crippen MR) is 103 cm³/mol. The molecule has 2 aromatic rings. The number of rotatable bonds is 5. The molecule has 0 aliphatic rings. The topological polar surface area (TPSA) is 90.1 Å². The van der Waals surface area contributed by atoms with E-state index >= 15 is 0 Å². The van der Waals surface area contributed by atoms with E-state index in [0.717, 1.165) is 5.69 Å². The maximum atomic E-state index is 12.5. The maximum absolute atomic E-state index is 12.5. The Labute approximate surface area is 166 Å². The highest BCUT2D eigenvalue weighted by molar-refractivity contribution is 9.11. The summed E-state index contributed by atoms with van der Waals surface area (Å²) in [7, 11) is 0. The van der Waals surface area contributed by atoms with Gasteiger partial charge >= 0.3 is 0 Å². The molecule has 1 amide bonds. The number of nitro benzene ring substituents is 1. The molecular formula is C15H15Br2ClN4O3. The number of aryl methyl sites for hydroxylation is 1. The lowest BCUT2D eigenvalue weighted by Crippen LogP contribution is -2.25. The molecule has 1 aromatic carbocycles. The van der Waals surface area contributed by atoms with E-state index in [2.05, 4.69) is 42.3 Å². The lowest BCUT2D eigenvalue weighted by atomic mass is 10.1. The molecule has 0 saturated heterocycles. The molecule has 0 fully saturated rings. The third-order valence-corrected chi connectivity index (χ3v) is 5.47. The minimum absolute atomic E-state index is 0.0814. The van der Waals surface area contributed by atoms with Gasteiger partial charge < -0.3 is 5.32 Å². The molecule has 10 heteroatoms. The largest absolute Gasteiger partial charge is 0.324 e. The van der Waals surface area contributed by atoms with Crippen LogP contribution in [-0.4, -0.2) is 20.6 Å². The normalized spacial score (nSPS) is 12.1. The number of carbonyl (C=O) groups is 1. The van der Waals surface area contributed by atoms with Crippen LogP contribution in [0.3, 0.4) is 0 Å². The van der Waals surface area contributed by atoms with Gasteiger partial charge in [0.05, 0.1) is 39.5 Å². The van der Waals surface area contributed by atoms with Gasteiger partial charge in [-0.15, -0.1) is 0 Å². The van der Waals surface area contributed by atoms with Crippen LogP contribution in [-0.2, 0) is 11.3 Å².